The summed E-state index contributed by atoms with van der Waals surface area (Å²) in [4.78, 5) is 23.4. The largest absolute Gasteiger partial charge is 0.466 e. The molecule has 33 heavy (non-hydrogen) atoms. The van der Waals surface area contributed by atoms with Gasteiger partial charge in [-0.25, -0.2) is 0 Å². The van der Waals surface area contributed by atoms with Crippen molar-refractivity contribution in [2.75, 3.05) is 13.2 Å². The molecule has 0 rings (SSSR count). The van der Waals surface area contributed by atoms with Gasteiger partial charge in [0.15, 0.2) is 0 Å². The molecule has 0 atom stereocenters. The molecule has 0 aliphatic rings. The van der Waals surface area contributed by atoms with E-state index in [0.717, 1.165) is 57.8 Å². The Labute approximate surface area is 206 Å². The zero-order valence-electron chi connectivity index (χ0n) is 22.3. The Hall–Kier alpha value is -1.06. The molecule has 0 aliphatic carbocycles. The predicted molar refractivity (Wildman–Crippen MR) is 139 cm³/mol. The van der Waals surface area contributed by atoms with Crippen molar-refractivity contribution in [2.45, 2.75) is 162 Å². The van der Waals surface area contributed by atoms with Gasteiger partial charge < -0.3 is 9.47 Å². The molecule has 4 nitrogen and oxygen atoms in total. The van der Waals surface area contributed by atoms with Crippen LogP contribution < -0.4 is 0 Å². The lowest BCUT2D eigenvalue weighted by atomic mass is 10.1. The van der Waals surface area contributed by atoms with Crippen LogP contribution >= 0.6 is 0 Å². The molecule has 4 heteroatoms. The summed E-state index contributed by atoms with van der Waals surface area (Å²) >= 11 is 0. The van der Waals surface area contributed by atoms with E-state index in [1.165, 1.54) is 77.0 Å². The first kappa shape index (κ1) is 31.9. The molecule has 196 valence electrons. The highest BCUT2D eigenvalue weighted by molar-refractivity contribution is 5.69. The zero-order valence-corrected chi connectivity index (χ0v) is 22.3. The lowest BCUT2D eigenvalue weighted by Crippen LogP contribution is -2.06. The Morgan fingerprint density at radius 3 is 1.03 bits per heavy atom. The highest BCUT2D eigenvalue weighted by Gasteiger charge is 2.04. The van der Waals surface area contributed by atoms with Crippen LogP contribution in [0, 0.1) is 0 Å². The molecule has 0 aromatic rings. The quantitative estimate of drug-likeness (QED) is 0.0938. The maximum Gasteiger partial charge on any atom is 0.305 e. The van der Waals surface area contributed by atoms with Gasteiger partial charge in [0.25, 0.3) is 0 Å². The van der Waals surface area contributed by atoms with Gasteiger partial charge in [-0.3, -0.25) is 9.59 Å². The van der Waals surface area contributed by atoms with Crippen molar-refractivity contribution in [2.24, 2.45) is 0 Å². The molecule has 0 fully saturated rings. The molecule has 0 saturated carbocycles. The maximum atomic E-state index is 11.8. The fraction of sp³-hybridized carbons (Fsp3) is 0.931. The summed E-state index contributed by atoms with van der Waals surface area (Å²) in [6, 6.07) is 0. The Balaban J connectivity index is 3.24. The third-order valence-electron chi connectivity index (χ3n) is 6.28. The summed E-state index contributed by atoms with van der Waals surface area (Å²) in [5.74, 6) is -0.0872. The Morgan fingerprint density at radius 2 is 0.667 bits per heavy atom. The van der Waals surface area contributed by atoms with Crippen LogP contribution in [0.1, 0.15) is 162 Å². The van der Waals surface area contributed by atoms with Crippen molar-refractivity contribution in [1.82, 2.24) is 0 Å². The molecule has 0 aliphatic heterocycles. The standard InChI is InChI=1S/C29H56O4/c1-3-5-7-9-10-11-12-13-16-19-23-27-33-29(31)25-21-18-15-14-17-20-24-28(30)32-26-22-8-6-4-2/h3-27H2,1-2H3. The van der Waals surface area contributed by atoms with Crippen LogP contribution in [0.2, 0.25) is 0 Å². The second-order valence-electron chi connectivity index (χ2n) is 9.66. The van der Waals surface area contributed by atoms with Gasteiger partial charge in [0.2, 0.25) is 0 Å². The normalized spacial score (nSPS) is 11.0. The summed E-state index contributed by atoms with van der Waals surface area (Å²) in [6.07, 6.45) is 26.3. The number of hydrogen-bond acceptors (Lipinski definition) is 4. The molecule has 0 bridgehead atoms. The lowest BCUT2D eigenvalue weighted by Gasteiger charge is -2.06. The second kappa shape index (κ2) is 27.2. The number of unbranched alkanes of at least 4 members (excludes halogenated alkanes) is 18. The van der Waals surface area contributed by atoms with Crippen molar-refractivity contribution in [3.8, 4) is 0 Å². The molecule has 0 unspecified atom stereocenters. The fourth-order valence-corrected chi connectivity index (χ4v) is 4.06. The smallest absolute Gasteiger partial charge is 0.305 e. The van der Waals surface area contributed by atoms with Crippen molar-refractivity contribution in [3.63, 3.8) is 0 Å². The van der Waals surface area contributed by atoms with Gasteiger partial charge in [0.05, 0.1) is 13.2 Å². The molecule has 0 heterocycles. The van der Waals surface area contributed by atoms with Gasteiger partial charge in [-0.2, -0.15) is 0 Å². The first-order chi connectivity index (χ1) is 16.2. The fourth-order valence-electron chi connectivity index (χ4n) is 4.06. The van der Waals surface area contributed by atoms with E-state index in [4.69, 9.17) is 9.47 Å². The molecular weight excluding hydrogens is 412 g/mol. The van der Waals surface area contributed by atoms with E-state index in [1.54, 1.807) is 0 Å². The van der Waals surface area contributed by atoms with Crippen molar-refractivity contribution < 1.29 is 19.1 Å². The molecule has 0 amide bonds. The third-order valence-corrected chi connectivity index (χ3v) is 6.28. The van der Waals surface area contributed by atoms with E-state index in [9.17, 15) is 9.59 Å². The number of carbonyl (C=O) groups excluding carboxylic acids is 2. The van der Waals surface area contributed by atoms with E-state index in [1.807, 2.05) is 0 Å². The molecular formula is C29H56O4. The van der Waals surface area contributed by atoms with Gasteiger partial charge in [-0.15, -0.1) is 0 Å². The van der Waals surface area contributed by atoms with Crippen LogP contribution in [0.3, 0.4) is 0 Å². The van der Waals surface area contributed by atoms with E-state index in [2.05, 4.69) is 13.8 Å². The van der Waals surface area contributed by atoms with Gasteiger partial charge in [-0.1, -0.05) is 123 Å². The summed E-state index contributed by atoms with van der Waals surface area (Å²) in [6.45, 7) is 5.61. The van der Waals surface area contributed by atoms with Crippen molar-refractivity contribution in [1.29, 1.82) is 0 Å². The Bertz CT molecular complexity index is 422. The average Bonchev–Trinajstić information content (AvgIpc) is 2.81. The van der Waals surface area contributed by atoms with E-state index >= 15 is 0 Å². The van der Waals surface area contributed by atoms with Gasteiger partial charge in [-0.05, 0) is 25.7 Å². The first-order valence-electron chi connectivity index (χ1n) is 14.5. The molecule has 0 aromatic carbocycles. The summed E-state index contributed by atoms with van der Waals surface area (Å²) in [7, 11) is 0. The number of ether oxygens (including phenoxy) is 2. The second-order valence-corrected chi connectivity index (χ2v) is 9.66. The maximum absolute atomic E-state index is 11.8. The number of esters is 2. The predicted octanol–water partition coefficient (Wildman–Crippen LogP) is 9.08. The van der Waals surface area contributed by atoms with Gasteiger partial charge in [0.1, 0.15) is 0 Å². The summed E-state index contributed by atoms with van der Waals surface area (Å²) in [5, 5.41) is 0. The van der Waals surface area contributed by atoms with Crippen LogP contribution in [0.4, 0.5) is 0 Å². The van der Waals surface area contributed by atoms with Gasteiger partial charge >= 0.3 is 11.9 Å². The van der Waals surface area contributed by atoms with Crippen LogP contribution in [-0.2, 0) is 19.1 Å². The van der Waals surface area contributed by atoms with Crippen molar-refractivity contribution >= 4 is 11.9 Å². The minimum absolute atomic E-state index is 0.0382. The Kier molecular flexibility index (Phi) is 26.3. The van der Waals surface area contributed by atoms with Crippen LogP contribution in [0.15, 0.2) is 0 Å². The van der Waals surface area contributed by atoms with E-state index in [0.29, 0.717) is 26.1 Å². The molecule has 0 radical (unpaired) electrons. The van der Waals surface area contributed by atoms with E-state index < -0.39 is 0 Å². The molecule has 0 saturated heterocycles. The average molecular weight is 469 g/mol. The molecule has 0 N–H and O–H groups in total. The molecule has 0 spiro atoms. The summed E-state index contributed by atoms with van der Waals surface area (Å²) < 4.78 is 10.6. The number of carbonyl (C=O) groups is 2. The first-order valence-corrected chi connectivity index (χ1v) is 14.5. The van der Waals surface area contributed by atoms with Crippen molar-refractivity contribution in [3.05, 3.63) is 0 Å². The van der Waals surface area contributed by atoms with Gasteiger partial charge in [0, 0.05) is 12.8 Å². The zero-order chi connectivity index (χ0) is 24.2. The van der Waals surface area contributed by atoms with Crippen LogP contribution in [0.5, 0.6) is 0 Å². The highest BCUT2D eigenvalue weighted by atomic mass is 16.5. The monoisotopic (exact) mass is 468 g/mol. The summed E-state index contributed by atoms with van der Waals surface area (Å²) in [5.41, 5.74) is 0. The SMILES string of the molecule is CCCCCCCCCCCCCOC(=O)CCCCCCCCC(=O)OCCCCCC. The lowest BCUT2D eigenvalue weighted by molar-refractivity contribution is -0.144. The third kappa shape index (κ3) is 27.1. The topological polar surface area (TPSA) is 52.6 Å². The van der Waals surface area contributed by atoms with Crippen LogP contribution in [0.25, 0.3) is 0 Å². The molecule has 0 aromatic heterocycles. The van der Waals surface area contributed by atoms with Crippen LogP contribution in [-0.4, -0.2) is 25.2 Å². The Morgan fingerprint density at radius 1 is 0.394 bits per heavy atom. The number of rotatable bonds is 26. The highest BCUT2D eigenvalue weighted by Crippen LogP contribution is 2.12. The number of hydrogen-bond donors (Lipinski definition) is 0. The van der Waals surface area contributed by atoms with E-state index in [-0.39, 0.29) is 11.9 Å². The minimum Gasteiger partial charge on any atom is -0.466 e. The minimum atomic E-state index is -0.0490.